The van der Waals surface area contributed by atoms with Gasteiger partial charge in [0.15, 0.2) is 9.52 Å². The fraction of sp³-hybridized carbons (Fsp3) is 0.222. The lowest BCUT2D eigenvalue weighted by Gasteiger charge is -2.04. The van der Waals surface area contributed by atoms with Gasteiger partial charge in [0, 0.05) is 0 Å². The maximum absolute atomic E-state index is 10.5. The molecule has 0 heterocycles. The minimum Gasteiger partial charge on any atom is -0.486 e. The number of hydrogen-bond acceptors (Lipinski definition) is 1. The first-order valence-corrected chi connectivity index (χ1v) is 5.29. The quantitative estimate of drug-likeness (QED) is 0.683. The first kappa shape index (κ1) is 9.00. The Bertz CT molecular complexity index is 307. The molecular weight excluding hydrogens is 168 g/mol. The summed E-state index contributed by atoms with van der Waals surface area (Å²) in [6.07, 6.45) is 0. The normalized spacial score (nSPS) is 10.8. The second-order valence-electron chi connectivity index (χ2n) is 2.93. The van der Waals surface area contributed by atoms with Gasteiger partial charge in [-0.15, -0.1) is 0 Å². The lowest BCUT2D eigenvalue weighted by atomic mass is 10.1. The zero-order valence-corrected chi connectivity index (χ0v) is 8.71. The van der Waals surface area contributed by atoms with Crippen LogP contribution in [-0.2, 0) is 0 Å². The van der Waals surface area contributed by atoms with Gasteiger partial charge in [0.2, 0.25) is 0 Å². The summed E-state index contributed by atoms with van der Waals surface area (Å²) in [5.74, 6) is 0. The van der Waals surface area contributed by atoms with Crippen LogP contribution >= 0.6 is 0 Å². The van der Waals surface area contributed by atoms with E-state index in [-0.39, 0.29) is 0 Å². The molecule has 0 atom stereocenters. The van der Waals surface area contributed by atoms with Crippen LogP contribution in [0.2, 0.25) is 0 Å². The summed E-state index contributed by atoms with van der Waals surface area (Å²) in [5.41, 5.74) is 1.69. The Labute approximate surface area is 74.1 Å². The number of carbonyl (C=O) groups is 1. The first-order chi connectivity index (χ1) is 5.61. The molecule has 1 N–H and O–H groups in total. The minimum absolute atomic E-state index is 0.635. The van der Waals surface area contributed by atoms with E-state index in [1.54, 1.807) is 0 Å². The van der Waals surface area contributed by atoms with Crippen LogP contribution in [0.4, 0.5) is 4.79 Å². The fourth-order valence-electron chi connectivity index (χ4n) is 1.17. The Balaban J connectivity index is 3.00. The molecule has 0 spiro atoms. The zero-order valence-electron chi connectivity index (χ0n) is 7.29. The van der Waals surface area contributed by atoms with Crippen molar-refractivity contribution in [2.24, 2.45) is 0 Å². The number of rotatable bonds is 2. The molecule has 2 nitrogen and oxygen atoms in total. The summed E-state index contributed by atoms with van der Waals surface area (Å²) in [5, 5.41) is 9.69. The van der Waals surface area contributed by atoms with Crippen LogP contribution in [0.1, 0.15) is 11.1 Å². The molecular formula is C9H12O2Si. The molecule has 0 radical (unpaired) electrons. The van der Waals surface area contributed by atoms with E-state index < -0.39 is 15.1 Å². The molecule has 1 aromatic rings. The van der Waals surface area contributed by atoms with Crippen molar-refractivity contribution < 1.29 is 9.90 Å². The molecule has 0 aromatic heterocycles. The largest absolute Gasteiger partial charge is 0.486 e. The van der Waals surface area contributed by atoms with Crippen molar-refractivity contribution in [2.75, 3.05) is 0 Å². The predicted molar refractivity (Wildman–Crippen MR) is 52.1 cm³/mol. The van der Waals surface area contributed by atoms with Crippen LogP contribution in [0.3, 0.4) is 0 Å². The van der Waals surface area contributed by atoms with Crippen molar-refractivity contribution in [3.8, 4) is 0 Å². The third-order valence-corrected chi connectivity index (χ3v) is 3.51. The standard InChI is InChI=1S/C9H12O2Si/c1-6-4-3-5-8(7(6)2)12-9(10)11/h3-5H,12H2,1-2H3,(H,10,11). The maximum Gasteiger partial charge on any atom is 0.267 e. The van der Waals surface area contributed by atoms with E-state index in [4.69, 9.17) is 5.11 Å². The van der Waals surface area contributed by atoms with Gasteiger partial charge in [-0.3, -0.25) is 4.79 Å². The Morgan fingerprint density at radius 3 is 2.67 bits per heavy atom. The van der Waals surface area contributed by atoms with Gasteiger partial charge < -0.3 is 5.11 Å². The van der Waals surface area contributed by atoms with Crippen LogP contribution in [-0.4, -0.2) is 20.2 Å². The molecule has 3 heteroatoms. The van der Waals surface area contributed by atoms with Gasteiger partial charge in [-0.1, -0.05) is 23.4 Å². The monoisotopic (exact) mass is 180 g/mol. The molecule has 0 unspecified atom stereocenters. The van der Waals surface area contributed by atoms with Gasteiger partial charge in [0.05, 0.1) is 0 Å². The summed E-state index contributed by atoms with van der Waals surface area (Å²) < 4.78 is 0. The fourth-order valence-corrected chi connectivity index (χ4v) is 2.29. The van der Waals surface area contributed by atoms with Crippen molar-refractivity contribution in [3.05, 3.63) is 29.3 Å². The van der Waals surface area contributed by atoms with Crippen LogP contribution < -0.4 is 5.19 Å². The van der Waals surface area contributed by atoms with Gasteiger partial charge in [0.25, 0.3) is 5.59 Å². The number of hydrogen-bond donors (Lipinski definition) is 1. The predicted octanol–water partition coefficient (Wildman–Crippen LogP) is 0.776. The Kier molecular flexibility index (Phi) is 2.65. The van der Waals surface area contributed by atoms with Crippen LogP contribution in [0.25, 0.3) is 0 Å². The number of benzene rings is 1. The summed E-state index contributed by atoms with van der Waals surface area (Å²) in [6.45, 7) is 4.00. The lowest BCUT2D eigenvalue weighted by molar-refractivity contribution is 0.220. The highest BCUT2D eigenvalue weighted by Crippen LogP contribution is 2.01. The van der Waals surface area contributed by atoms with Crippen LogP contribution in [0.15, 0.2) is 18.2 Å². The Morgan fingerprint density at radius 1 is 1.42 bits per heavy atom. The second-order valence-corrected chi connectivity index (χ2v) is 4.65. The van der Waals surface area contributed by atoms with E-state index in [2.05, 4.69) is 0 Å². The summed E-state index contributed by atoms with van der Waals surface area (Å²) in [7, 11) is -1.11. The average Bonchev–Trinajstić information content (AvgIpc) is 1.98. The maximum atomic E-state index is 10.5. The highest BCUT2D eigenvalue weighted by atomic mass is 28.2. The van der Waals surface area contributed by atoms with Crippen LogP contribution in [0, 0.1) is 13.8 Å². The SMILES string of the molecule is Cc1cccc([SiH2]C(=O)O)c1C. The third-order valence-electron chi connectivity index (χ3n) is 2.06. The van der Waals surface area contributed by atoms with Crippen molar-refractivity contribution in [1.29, 1.82) is 0 Å². The number of aryl methyl sites for hydroxylation is 1. The van der Waals surface area contributed by atoms with Gasteiger partial charge in [0.1, 0.15) is 0 Å². The molecule has 0 bridgehead atoms. The zero-order chi connectivity index (χ0) is 9.14. The van der Waals surface area contributed by atoms with Crippen molar-refractivity contribution >= 4 is 20.3 Å². The minimum atomic E-state index is -1.11. The van der Waals surface area contributed by atoms with E-state index >= 15 is 0 Å². The topological polar surface area (TPSA) is 37.3 Å². The molecule has 0 aliphatic carbocycles. The van der Waals surface area contributed by atoms with Crippen molar-refractivity contribution in [3.63, 3.8) is 0 Å². The molecule has 0 saturated heterocycles. The molecule has 0 amide bonds. The molecule has 64 valence electrons. The lowest BCUT2D eigenvalue weighted by Crippen LogP contribution is -2.24. The summed E-state index contributed by atoms with van der Waals surface area (Å²) in [6, 6.07) is 5.85. The van der Waals surface area contributed by atoms with E-state index in [9.17, 15) is 4.79 Å². The van der Waals surface area contributed by atoms with E-state index in [0.29, 0.717) is 0 Å². The van der Waals surface area contributed by atoms with E-state index in [0.717, 1.165) is 10.8 Å². The Morgan fingerprint density at radius 2 is 2.08 bits per heavy atom. The van der Waals surface area contributed by atoms with Crippen LogP contribution in [0.5, 0.6) is 0 Å². The highest BCUT2D eigenvalue weighted by molar-refractivity contribution is 6.82. The van der Waals surface area contributed by atoms with Gasteiger partial charge in [-0.05, 0) is 25.0 Å². The van der Waals surface area contributed by atoms with Crippen molar-refractivity contribution in [1.82, 2.24) is 0 Å². The molecule has 12 heavy (non-hydrogen) atoms. The molecule has 0 aliphatic heterocycles. The van der Waals surface area contributed by atoms with Crippen molar-refractivity contribution in [2.45, 2.75) is 13.8 Å². The first-order valence-electron chi connectivity index (χ1n) is 3.88. The Hall–Kier alpha value is -1.09. The van der Waals surface area contributed by atoms with Gasteiger partial charge in [-0.2, -0.15) is 0 Å². The van der Waals surface area contributed by atoms with Gasteiger partial charge in [-0.25, -0.2) is 0 Å². The third kappa shape index (κ3) is 1.95. The molecule has 0 saturated carbocycles. The molecule has 0 fully saturated rings. The molecule has 1 rings (SSSR count). The highest BCUT2D eigenvalue weighted by Gasteiger charge is 2.05. The van der Waals surface area contributed by atoms with Gasteiger partial charge >= 0.3 is 0 Å². The average molecular weight is 180 g/mol. The molecule has 0 aliphatic rings. The number of carboxylic acid groups (broad SMARTS) is 1. The summed E-state index contributed by atoms with van der Waals surface area (Å²) in [4.78, 5) is 10.5. The smallest absolute Gasteiger partial charge is 0.267 e. The summed E-state index contributed by atoms with van der Waals surface area (Å²) >= 11 is 0. The van der Waals surface area contributed by atoms with E-state index in [1.165, 1.54) is 5.56 Å². The second kappa shape index (κ2) is 3.54. The van der Waals surface area contributed by atoms with E-state index in [1.807, 2.05) is 32.0 Å². The molecule has 1 aromatic carbocycles.